The van der Waals surface area contributed by atoms with E-state index >= 15 is 0 Å². The van der Waals surface area contributed by atoms with E-state index in [1.807, 2.05) is 6.92 Å². The standard InChI is InChI=1S/C13H19FN4O2/c1-2-20-9-4-3-7-18(8-9)13(19)10-5-6-16-12(17-15)11(10)14/h5-6,9H,2-4,7-8,15H2,1H3,(H,16,17). The zero-order chi connectivity index (χ0) is 14.5. The predicted molar refractivity (Wildman–Crippen MR) is 72.6 cm³/mol. The highest BCUT2D eigenvalue weighted by Gasteiger charge is 2.27. The SMILES string of the molecule is CCOC1CCCN(C(=O)c2ccnc(NN)c2F)C1. The first-order chi connectivity index (χ1) is 9.67. The van der Waals surface area contributed by atoms with E-state index in [9.17, 15) is 9.18 Å². The smallest absolute Gasteiger partial charge is 0.257 e. The van der Waals surface area contributed by atoms with Crippen molar-refractivity contribution in [2.24, 2.45) is 5.84 Å². The van der Waals surface area contributed by atoms with Gasteiger partial charge in [0.2, 0.25) is 0 Å². The Bertz CT molecular complexity index is 481. The first kappa shape index (κ1) is 14.7. The number of carbonyl (C=O) groups is 1. The number of anilines is 1. The summed E-state index contributed by atoms with van der Waals surface area (Å²) in [6.07, 6.45) is 3.15. The number of hydrazine groups is 1. The third-order valence-corrected chi connectivity index (χ3v) is 3.32. The average molecular weight is 282 g/mol. The van der Waals surface area contributed by atoms with Crippen LogP contribution in [0, 0.1) is 5.82 Å². The van der Waals surface area contributed by atoms with Crippen molar-refractivity contribution in [3.8, 4) is 0 Å². The van der Waals surface area contributed by atoms with Gasteiger partial charge in [0, 0.05) is 25.9 Å². The fourth-order valence-electron chi connectivity index (χ4n) is 2.37. The second kappa shape index (κ2) is 6.62. The Morgan fingerprint density at radius 1 is 1.70 bits per heavy atom. The van der Waals surface area contributed by atoms with Crippen molar-refractivity contribution in [1.82, 2.24) is 9.88 Å². The molecule has 1 unspecified atom stereocenters. The summed E-state index contributed by atoms with van der Waals surface area (Å²) in [4.78, 5) is 17.7. The summed E-state index contributed by atoms with van der Waals surface area (Å²) in [6.45, 7) is 3.62. The van der Waals surface area contributed by atoms with Gasteiger partial charge in [0.15, 0.2) is 11.6 Å². The van der Waals surface area contributed by atoms with Crippen LogP contribution >= 0.6 is 0 Å². The van der Waals surface area contributed by atoms with E-state index in [-0.39, 0.29) is 23.4 Å². The minimum absolute atomic E-state index is 0.0229. The summed E-state index contributed by atoms with van der Waals surface area (Å²) in [7, 11) is 0. The van der Waals surface area contributed by atoms with E-state index < -0.39 is 5.82 Å². The number of nitrogens with two attached hydrogens (primary N) is 1. The zero-order valence-electron chi connectivity index (χ0n) is 11.4. The number of rotatable bonds is 4. The molecule has 1 fully saturated rings. The highest BCUT2D eigenvalue weighted by molar-refractivity contribution is 5.95. The van der Waals surface area contributed by atoms with E-state index in [1.165, 1.54) is 12.3 Å². The Kier molecular flexibility index (Phi) is 4.86. The fourth-order valence-corrected chi connectivity index (χ4v) is 2.37. The predicted octanol–water partition coefficient (Wildman–Crippen LogP) is 1.15. The molecule has 1 aliphatic rings. The Balaban J connectivity index is 2.14. The number of hydrogen-bond donors (Lipinski definition) is 2. The molecule has 1 saturated heterocycles. The first-order valence-corrected chi connectivity index (χ1v) is 6.69. The van der Waals surface area contributed by atoms with Crippen LogP contribution in [0.4, 0.5) is 10.2 Å². The number of likely N-dealkylation sites (tertiary alicyclic amines) is 1. The van der Waals surface area contributed by atoms with Crippen LogP contribution in [0.3, 0.4) is 0 Å². The monoisotopic (exact) mass is 282 g/mol. The van der Waals surface area contributed by atoms with E-state index in [2.05, 4.69) is 10.4 Å². The Labute approximate surface area is 117 Å². The lowest BCUT2D eigenvalue weighted by atomic mass is 10.1. The van der Waals surface area contributed by atoms with Gasteiger partial charge in [-0.05, 0) is 25.8 Å². The zero-order valence-corrected chi connectivity index (χ0v) is 11.4. The molecule has 2 rings (SSSR count). The molecule has 0 aromatic carbocycles. The molecule has 0 spiro atoms. The lowest BCUT2D eigenvalue weighted by Crippen LogP contribution is -2.43. The summed E-state index contributed by atoms with van der Waals surface area (Å²) >= 11 is 0. The van der Waals surface area contributed by atoms with Gasteiger partial charge in [-0.1, -0.05) is 0 Å². The lowest BCUT2D eigenvalue weighted by Gasteiger charge is -2.32. The van der Waals surface area contributed by atoms with E-state index in [4.69, 9.17) is 10.6 Å². The molecule has 20 heavy (non-hydrogen) atoms. The van der Waals surface area contributed by atoms with Crippen molar-refractivity contribution in [3.05, 3.63) is 23.6 Å². The molecule has 110 valence electrons. The van der Waals surface area contributed by atoms with Gasteiger partial charge in [-0.15, -0.1) is 0 Å². The average Bonchev–Trinajstić information content (AvgIpc) is 2.47. The number of halogens is 1. The van der Waals surface area contributed by atoms with E-state index in [0.29, 0.717) is 19.7 Å². The Morgan fingerprint density at radius 2 is 2.50 bits per heavy atom. The van der Waals surface area contributed by atoms with Gasteiger partial charge in [-0.2, -0.15) is 0 Å². The normalized spacial score (nSPS) is 18.9. The largest absolute Gasteiger partial charge is 0.377 e. The van der Waals surface area contributed by atoms with Crippen LogP contribution in [-0.4, -0.2) is 41.6 Å². The summed E-state index contributed by atoms with van der Waals surface area (Å²) in [6, 6.07) is 1.36. The van der Waals surface area contributed by atoms with Crippen LogP contribution in [0.25, 0.3) is 0 Å². The highest BCUT2D eigenvalue weighted by atomic mass is 19.1. The molecule has 6 nitrogen and oxygen atoms in total. The van der Waals surface area contributed by atoms with Crippen molar-refractivity contribution < 1.29 is 13.9 Å². The maximum atomic E-state index is 14.0. The molecule has 2 heterocycles. The number of pyridine rings is 1. The van der Waals surface area contributed by atoms with Crippen molar-refractivity contribution in [1.29, 1.82) is 0 Å². The molecule has 0 radical (unpaired) electrons. The van der Waals surface area contributed by atoms with Crippen LogP contribution in [0.5, 0.6) is 0 Å². The minimum Gasteiger partial charge on any atom is -0.377 e. The minimum atomic E-state index is -0.724. The number of amides is 1. The molecule has 0 aliphatic carbocycles. The molecule has 1 aromatic rings. The van der Waals surface area contributed by atoms with Crippen LogP contribution in [0.15, 0.2) is 12.3 Å². The summed E-state index contributed by atoms with van der Waals surface area (Å²) in [5.74, 6) is 3.95. The molecular formula is C13H19FN4O2. The molecule has 1 amide bonds. The van der Waals surface area contributed by atoms with Crippen LogP contribution < -0.4 is 11.3 Å². The Morgan fingerprint density at radius 3 is 3.20 bits per heavy atom. The number of nitrogens with one attached hydrogen (secondary N) is 1. The molecular weight excluding hydrogens is 263 g/mol. The van der Waals surface area contributed by atoms with Gasteiger partial charge in [0.1, 0.15) is 0 Å². The number of aromatic nitrogens is 1. The quantitative estimate of drug-likeness (QED) is 0.639. The number of hydrogen-bond acceptors (Lipinski definition) is 5. The molecule has 7 heteroatoms. The van der Waals surface area contributed by atoms with Gasteiger partial charge >= 0.3 is 0 Å². The van der Waals surface area contributed by atoms with Crippen LogP contribution in [-0.2, 0) is 4.74 Å². The molecule has 1 aromatic heterocycles. The maximum Gasteiger partial charge on any atom is 0.257 e. The number of nitrogens with zero attached hydrogens (tertiary/aromatic N) is 2. The number of ether oxygens (including phenoxy) is 1. The summed E-state index contributed by atoms with van der Waals surface area (Å²) in [5.41, 5.74) is 2.12. The topological polar surface area (TPSA) is 80.5 Å². The third kappa shape index (κ3) is 3.05. The van der Waals surface area contributed by atoms with E-state index in [1.54, 1.807) is 4.90 Å². The van der Waals surface area contributed by atoms with Crippen molar-refractivity contribution in [2.45, 2.75) is 25.9 Å². The molecule has 1 atom stereocenters. The fraction of sp³-hybridized carbons (Fsp3) is 0.538. The van der Waals surface area contributed by atoms with Crippen molar-refractivity contribution >= 4 is 11.7 Å². The molecule has 1 aliphatic heterocycles. The molecule has 0 bridgehead atoms. The number of carbonyl (C=O) groups excluding carboxylic acids is 1. The van der Waals surface area contributed by atoms with E-state index in [0.717, 1.165) is 12.8 Å². The van der Waals surface area contributed by atoms with Gasteiger partial charge in [0.05, 0.1) is 11.7 Å². The highest BCUT2D eigenvalue weighted by Crippen LogP contribution is 2.20. The van der Waals surface area contributed by atoms with Gasteiger partial charge in [-0.3, -0.25) is 4.79 Å². The lowest BCUT2D eigenvalue weighted by molar-refractivity contribution is 0.00708. The molecule has 3 N–H and O–H groups in total. The first-order valence-electron chi connectivity index (χ1n) is 6.69. The summed E-state index contributed by atoms with van der Waals surface area (Å²) < 4.78 is 19.6. The second-order valence-electron chi connectivity index (χ2n) is 4.64. The third-order valence-electron chi connectivity index (χ3n) is 3.32. The van der Waals surface area contributed by atoms with Gasteiger partial charge < -0.3 is 15.1 Å². The summed E-state index contributed by atoms with van der Waals surface area (Å²) in [5, 5.41) is 0. The van der Waals surface area contributed by atoms with Gasteiger partial charge in [-0.25, -0.2) is 15.2 Å². The maximum absolute atomic E-state index is 14.0. The number of nitrogen functional groups attached to an aromatic ring is 1. The number of piperidine rings is 1. The molecule has 0 saturated carbocycles. The van der Waals surface area contributed by atoms with Crippen molar-refractivity contribution in [2.75, 3.05) is 25.1 Å². The van der Waals surface area contributed by atoms with Crippen molar-refractivity contribution in [3.63, 3.8) is 0 Å². The Hall–Kier alpha value is -1.73. The second-order valence-corrected chi connectivity index (χ2v) is 4.64. The van der Waals surface area contributed by atoms with Crippen LogP contribution in [0.2, 0.25) is 0 Å². The van der Waals surface area contributed by atoms with Crippen LogP contribution in [0.1, 0.15) is 30.1 Å². The van der Waals surface area contributed by atoms with Gasteiger partial charge in [0.25, 0.3) is 5.91 Å².